The zero-order chi connectivity index (χ0) is 14.4. The van der Waals surface area contributed by atoms with Crippen molar-refractivity contribution in [3.63, 3.8) is 0 Å². The molecule has 0 atom stereocenters. The highest BCUT2D eigenvalue weighted by Gasteiger charge is 2.18. The zero-order valence-corrected chi connectivity index (χ0v) is 10.3. The summed E-state index contributed by atoms with van der Waals surface area (Å²) in [5.41, 5.74) is -0.775. The van der Waals surface area contributed by atoms with Gasteiger partial charge in [0.25, 0.3) is 0 Å². The van der Waals surface area contributed by atoms with Crippen LogP contribution in [0.2, 0.25) is 0 Å². The van der Waals surface area contributed by atoms with E-state index in [1.165, 1.54) is 0 Å². The number of benzene rings is 1. The monoisotopic (exact) mass is 271 g/mol. The molecule has 7 heteroatoms. The summed E-state index contributed by atoms with van der Waals surface area (Å²) in [5.74, 6) is -3.22. The molecule has 0 aromatic heterocycles. The molecule has 0 radical (unpaired) electrons. The first-order valence-electron chi connectivity index (χ1n) is 5.15. The van der Waals surface area contributed by atoms with Crippen LogP contribution in [-0.2, 0) is 19.1 Å². The molecule has 0 N–H and O–H groups in total. The van der Waals surface area contributed by atoms with Crippen molar-refractivity contribution in [1.82, 2.24) is 0 Å². The van der Waals surface area contributed by atoms with E-state index in [4.69, 9.17) is 0 Å². The van der Waals surface area contributed by atoms with E-state index in [1.54, 1.807) is 0 Å². The predicted molar refractivity (Wildman–Crippen MR) is 62.1 cm³/mol. The second-order valence-electron chi connectivity index (χ2n) is 3.40. The van der Waals surface area contributed by atoms with E-state index in [1.807, 2.05) is 0 Å². The van der Waals surface area contributed by atoms with Crippen molar-refractivity contribution < 1.29 is 27.8 Å². The molecule has 0 saturated heterocycles. The summed E-state index contributed by atoms with van der Waals surface area (Å²) >= 11 is 0. The number of halogens is 2. The molecule has 0 aliphatic heterocycles. The Morgan fingerprint density at radius 3 is 2.47 bits per heavy atom. The van der Waals surface area contributed by atoms with Crippen molar-refractivity contribution in [2.24, 2.45) is 4.99 Å². The normalized spacial score (nSPS) is 11.1. The molecule has 0 unspecified atom stereocenters. The number of hydrogen-bond donors (Lipinski definition) is 0. The van der Waals surface area contributed by atoms with Crippen molar-refractivity contribution in [1.29, 1.82) is 0 Å². The number of carbonyl (C=O) groups is 2. The van der Waals surface area contributed by atoms with Crippen molar-refractivity contribution in [2.45, 2.75) is 6.42 Å². The molecule has 0 saturated carbocycles. The van der Waals surface area contributed by atoms with E-state index in [-0.39, 0.29) is 5.71 Å². The lowest BCUT2D eigenvalue weighted by atomic mass is 10.2. The minimum Gasteiger partial charge on any atom is -0.469 e. The van der Waals surface area contributed by atoms with Crippen LogP contribution in [0.15, 0.2) is 23.2 Å². The Hall–Kier alpha value is -2.31. The second-order valence-corrected chi connectivity index (χ2v) is 3.40. The number of carbonyl (C=O) groups excluding carboxylic acids is 2. The largest absolute Gasteiger partial charge is 0.469 e. The maximum atomic E-state index is 13.4. The number of methoxy groups -OCH3 is 2. The SMILES string of the molecule is COC(=O)CC(=Nc1cc(F)ccc1F)C(=O)OC. The minimum atomic E-state index is -0.922. The van der Waals surface area contributed by atoms with Crippen LogP contribution in [0.3, 0.4) is 0 Å². The van der Waals surface area contributed by atoms with E-state index < -0.39 is 35.7 Å². The zero-order valence-electron chi connectivity index (χ0n) is 10.3. The Kier molecular flexibility index (Phi) is 5.11. The molecule has 0 aliphatic rings. The lowest BCUT2D eigenvalue weighted by Gasteiger charge is -2.04. The van der Waals surface area contributed by atoms with Gasteiger partial charge in [0.15, 0.2) is 0 Å². The number of nitrogens with zero attached hydrogens (tertiary/aromatic N) is 1. The van der Waals surface area contributed by atoms with Gasteiger partial charge in [-0.1, -0.05) is 0 Å². The van der Waals surface area contributed by atoms with Crippen LogP contribution in [-0.4, -0.2) is 31.9 Å². The van der Waals surface area contributed by atoms with Gasteiger partial charge in [-0.3, -0.25) is 4.79 Å². The van der Waals surface area contributed by atoms with Gasteiger partial charge in [-0.25, -0.2) is 18.6 Å². The van der Waals surface area contributed by atoms with Crippen molar-refractivity contribution >= 4 is 23.3 Å². The smallest absolute Gasteiger partial charge is 0.353 e. The summed E-state index contributed by atoms with van der Waals surface area (Å²) in [6, 6.07) is 2.57. The van der Waals surface area contributed by atoms with Gasteiger partial charge in [-0.15, -0.1) is 0 Å². The molecular formula is C12H11F2NO4. The maximum absolute atomic E-state index is 13.4. The van der Waals surface area contributed by atoms with Crippen LogP contribution < -0.4 is 0 Å². The molecule has 0 fully saturated rings. The third kappa shape index (κ3) is 4.13. The van der Waals surface area contributed by atoms with Crippen molar-refractivity contribution in [3.05, 3.63) is 29.8 Å². The Morgan fingerprint density at radius 1 is 1.21 bits per heavy atom. The molecular weight excluding hydrogens is 260 g/mol. The molecule has 5 nitrogen and oxygen atoms in total. The van der Waals surface area contributed by atoms with E-state index in [0.29, 0.717) is 0 Å². The summed E-state index contributed by atoms with van der Waals surface area (Å²) < 4.78 is 35.1. The maximum Gasteiger partial charge on any atom is 0.353 e. The Morgan fingerprint density at radius 2 is 1.89 bits per heavy atom. The summed E-state index contributed by atoms with van der Waals surface area (Å²) in [6.07, 6.45) is -0.501. The summed E-state index contributed by atoms with van der Waals surface area (Å²) in [4.78, 5) is 26.1. The highest BCUT2D eigenvalue weighted by atomic mass is 19.1. The Balaban J connectivity index is 3.15. The van der Waals surface area contributed by atoms with Gasteiger partial charge in [0.1, 0.15) is 23.0 Å². The third-order valence-corrected chi connectivity index (χ3v) is 2.12. The fraction of sp³-hybridized carbons (Fsp3) is 0.250. The molecule has 0 heterocycles. The number of aliphatic imine (C=N–C) groups is 1. The number of esters is 2. The minimum absolute atomic E-state index is 0.376. The van der Waals surface area contributed by atoms with Gasteiger partial charge in [0.05, 0.1) is 20.6 Å². The van der Waals surface area contributed by atoms with E-state index in [0.717, 1.165) is 32.4 Å². The van der Waals surface area contributed by atoms with Crippen LogP contribution in [0.5, 0.6) is 0 Å². The van der Waals surface area contributed by atoms with Crippen molar-refractivity contribution in [2.75, 3.05) is 14.2 Å². The van der Waals surface area contributed by atoms with Gasteiger partial charge in [0, 0.05) is 6.07 Å². The molecule has 0 bridgehead atoms. The first-order valence-corrected chi connectivity index (χ1v) is 5.15. The molecule has 19 heavy (non-hydrogen) atoms. The quantitative estimate of drug-likeness (QED) is 0.618. The fourth-order valence-corrected chi connectivity index (χ4v) is 1.20. The molecule has 1 rings (SSSR count). The van der Waals surface area contributed by atoms with Crippen molar-refractivity contribution in [3.8, 4) is 0 Å². The highest BCUT2D eigenvalue weighted by molar-refractivity contribution is 6.39. The average molecular weight is 271 g/mol. The van der Waals surface area contributed by atoms with Crippen LogP contribution >= 0.6 is 0 Å². The lowest BCUT2D eigenvalue weighted by molar-refractivity contribution is -0.140. The van der Waals surface area contributed by atoms with Crippen LogP contribution in [0.25, 0.3) is 0 Å². The van der Waals surface area contributed by atoms with Gasteiger partial charge >= 0.3 is 11.9 Å². The standard InChI is InChI=1S/C12H11F2NO4/c1-18-11(16)6-10(12(17)19-2)15-9-5-7(13)3-4-8(9)14/h3-5H,6H2,1-2H3. The Bertz CT molecular complexity index is 528. The summed E-state index contributed by atoms with van der Waals surface area (Å²) in [6.45, 7) is 0. The summed E-state index contributed by atoms with van der Waals surface area (Å²) in [7, 11) is 2.21. The van der Waals surface area contributed by atoms with Crippen LogP contribution in [0.1, 0.15) is 6.42 Å². The van der Waals surface area contributed by atoms with Crippen LogP contribution in [0, 0.1) is 11.6 Å². The first-order chi connectivity index (χ1) is 8.97. The third-order valence-electron chi connectivity index (χ3n) is 2.12. The van der Waals surface area contributed by atoms with Gasteiger partial charge < -0.3 is 9.47 Å². The summed E-state index contributed by atoms with van der Waals surface area (Å²) in [5, 5.41) is 0. The molecule has 0 aliphatic carbocycles. The van der Waals surface area contributed by atoms with E-state index >= 15 is 0 Å². The van der Waals surface area contributed by atoms with Crippen LogP contribution in [0.4, 0.5) is 14.5 Å². The number of rotatable bonds is 4. The fourth-order valence-electron chi connectivity index (χ4n) is 1.20. The van der Waals surface area contributed by atoms with Gasteiger partial charge in [0.2, 0.25) is 0 Å². The first kappa shape index (κ1) is 14.7. The number of ether oxygens (including phenoxy) is 2. The van der Waals surface area contributed by atoms with E-state index in [9.17, 15) is 18.4 Å². The number of hydrogen-bond acceptors (Lipinski definition) is 5. The van der Waals surface area contributed by atoms with Gasteiger partial charge in [-0.05, 0) is 12.1 Å². The topological polar surface area (TPSA) is 65.0 Å². The average Bonchev–Trinajstić information content (AvgIpc) is 2.40. The highest BCUT2D eigenvalue weighted by Crippen LogP contribution is 2.19. The molecule has 1 aromatic rings. The molecule has 1 aromatic carbocycles. The van der Waals surface area contributed by atoms with E-state index in [2.05, 4.69) is 14.5 Å². The molecule has 102 valence electrons. The second kappa shape index (κ2) is 6.58. The Labute approximate surface area is 107 Å². The lowest BCUT2D eigenvalue weighted by Crippen LogP contribution is -2.20. The molecule has 0 spiro atoms. The predicted octanol–water partition coefficient (Wildman–Crippen LogP) is 1.77. The molecule has 0 amide bonds. The van der Waals surface area contributed by atoms with Gasteiger partial charge in [-0.2, -0.15) is 0 Å².